The van der Waals surface area contributed by atoms with Gasteiger partial charge in [-0.15, -0.1) is 23.2 Å². The molecule has 0 radical (unpaired) electrons. The van der Waals surface area contributed by atoms with Crippen LogP contribution in [0.15, 0.2) is 10.1 Å². The SMILES string of the molecule is O=C1[C@H]2C[C@@H]3[C@@H](C[C@H]2C(=O)N1C1CCCCC1)[C@@]1(Cl)C(Cl)=C(Cl)[C@@]3(Cl)C1(Cl)Cl. The summed E-state index contributed by atoms with van der Waals surface area (Å²) in [5, 5.41) is 0.327. The van der Waals surface area contributed by atoms with E-state index >= 15 is 0 Å². The predicted octanol–water partition coefficient (Wildman–Crippen LogP) is 5.79. The van der Waals surface area contributed by atoms with Gasteiger partial charge in [-0.05, 0) is 37.5 Å². The van der Waals surface area contributed by atoms with Gasteiger partial charge in [-0.2, -0.15) is 0 Å². The molecule has 5 aliphatic rings. The quantitative estimate of drug-likeness (QED) is 0.334. The van der Waals surface area contributed by atoms with Crippen molar-refractivity contribution in [3.8, 4) is 0 Å². The molecule has 1 saturated heterocycles. The Morgan fingerprint density at radius 1 is 0.750 bits per heavy atom. The van der Waals surface area contributed by atoms with Gasteiger partial charge in [-0.25, -0.2) is 0 Å². The fourth-order valence-electron chi connectivity index (χ4n) is 6.45. The van der Waals surface area contributed by atoms with E-state index in [2.05, 4.69) is 0 Å². The maximum Gasteiger partial charge on any atom is 0.233 e. The average molecular weight is 506 g/mol. The Morgan fingerprint density at radius 2 is 1.18 bits per heavy atom. The van der Waals surface area contributed by atoms with Gasteiger partial charge in [0.15, 0.2) is 4.33 Å². The molecular formula is C19H19Cl6NO2. The van der Waals surface area contributed by atoms with Crippen LogP contribution < -0.4 is 0 Å². The first-order valence-electron chi connectivity index (χ1n) is 9.77. The van der Waals surface area contributed by atoms with E-state index < -0.39 is 25.9 Å². The lowest BCUT2D eigenvalue weighted by Gasteiger charge is -2.42. The van der Waals surface area contributed by atoms with Crippen molar-refractivity contribution in [1.29, 1.82) is 0 Å². The zero-order chi connectivity index (χ0) is 20.2. The van der Waals surface area contributed by atoms with Gasteiger partial charge in [0.25, 0.3) is 0 Å². The van der Waals surface area contributed by atoms with E-state index in [0.717, 1.165) is 32.1 Å². The van der Waals surface area contributed by atoms with Crippen molar-refractivity contribution < 1.29 is 9.59 Å². The van der Waals surface area contributed by atoms with Crippen LogP contribution in [0.2, 0.25) is 0 Å². The summed E-state index contributed by atoms with van der Waals surface area (Å²) >= 11 is 40.1. The molecule has 154 valence electrons. The summed E-state index contributed by atoms with van der Waals surface area (Å²) in [6.45, 7) is 0. The highest BCUT2D eigenvalue weighted by atomic mass is 35.5. The van der Waals surface area contributed by atoms with Crippen LogP contribution in [0.4, 0.5) is 0 Å². The molecule has 0 aromatic carbocycles. The van der Waals surface area contributed by atoms with E-state index in [0.29, 0.717) is 12.8 Å². The standard InChI is InChI=1S/C19H19Cl6NO2/c20-13-14(21)18(23)12-7-10-9(6-11(12)17(13,22)19(18,24)25)15(27)26(16(10)28)8-4-2-1-3-5-8/h8-12H,1-7H2/t9-,10+,11-,12-,17-,18-/m1/s1. The number of carbonyl (C=O) groups is 2. The minimum atomic E-state index is -1.61. The lowest BCUT2D eigenvalue weighted by Crippen LogP contribution is -2.45. The molecule has 0 N–H and O–H groups in total. The van der Waals surface area contributed by atoms with Crippen LogP contribution in [-0.2, 0) is 9.59 Å². The topological polar surface area (TPSA) is 37.4 Å². The lowest BCUT2D eigenvalue weighted by molar-refractivity contribution is -0.143. The Hall–Kier alpha value is 0.620. The maximum absolute atomic E-state index is 13.2. The number of hydrogen-bond donors (Lipinski definition) is 0. The third-order valence-electron chi connectivity index (χ3n) is 7.80. The number of carbonyl (C=O) groups excluding carboxylic acids is 2. The summed E-state index contributed by atoms with van der Waals surface area (Å²) < 4.78 is -1.61. The van der Waals surface area contributed by atoms with Crippen molar-refractivity contribution in [1.82, 2.24) is 4.90 Å². The van der Waals surface area contributed by atoms with E-state index in [-0.39, 0.29) is 39.8 Å². The number of imide groups is 1. The Morgan fingerprint density at radius 3 is 1.61 bits per heavy atom. The highest BCUT2D eigenvalue weighted by Crippen LogP contribution is 2.79. The fraction of sp³-hybridized carbons (Fsp3) is 0.789. The third-order valence-corrected chi connectivity index (χ3v) is 12.2. The first-order valence-corrected chi connectivity index (χ1v) is 12.0. The molecule has 2 bridgehead atoms. The van der Waals surface area contributed by atoms with Gasteiger partial charge < -0.3 is 0 Å². The minimum absolute atomic E-state index is 0.0104. The number of likely N-dealkylation sites (tertiary alicyclic amines) is 1. The first-order chi connectivity index (χ1) is 13.1. The second-order valence-corrected chi connectivity index (χ2v) is 12.1. The van der Waals surface area contributed by atoms with Gasteiger partial charge in [-0.1, -0.05) is 65.7 Å². The number of amides is 2. The number of fused-ring (bicyclic) bond motifs is 6. The zero-order valence-corrected chi connectivity index (χ0v) is 19.4. The Bertz CT molecular complexity index is 754. The van der Waals surface area contributed by atoms with Crippen LogP contribution in [0, 0.1) is 23.7 Å². The summed E-state index contributed by atoms with van der Waals surface area (Å²) in [6, 6.07) is 0.0104. The highest BCUT2D eigenvalue weighted by molar-refractivity contribution is 6.65. The summed E-state index contributed by atoms with van der Waals surface area (Å²) in [7, 11) is 0. The van der Waals surface area contributed by atoms with Gasteiger partial charge in [0.05, 0.1) is 21.9 Å². The molecule has 9 heteroatoms. The molecule has 4 fully saturated rings. The summed E-state index contributed by atoms with van der Waals surface area (Å²) in [6.07, 6.45) is 5.81. The third kappa shape index (κ3) is 2.13. The molecule has 0 aromatic rings. The van der Waals surface area contributed by atoms with Crippen LogP contribution in [0.5, 0.6) is 0 Å². The Balaban J connectivity index is 1.52. The molecule has 3 nitrogen and oxygen atoms in total. The smallest absolute Gasteiger partial charge is 0.233 e. The van der Waals surface area contributed by atoms with Crippen LogP contribution in [0.3, 0.4) is 0 Å². The number of rotatable bonds is 1. The monoisotopic (exact) mass is 503 g/mol. The zero-order valence-electron chi connectivity index (χ0n) is 14.9. The average Bonchev–Trinajstić information content (AvgIpc) is 3.04. The summed E-state index contributed by atoms with van der Waals surface area (Å²) in [5.41, 5.74) is 0. The summed E-state index contributed by atoms with van der Waals surface area (Å²) in [4.78, 5) is 25.3. The normalized spacial score (nSPS) is 47.7. The van der Waals surface area contributed by atoms with Crippen LogP contribution in [-0.4, -0.2) is 36.8 Å². The van der Waals surface area contributed by atoms with Gasteiger partial charge >= 0.3 is 0 Å². The van der Waals surface area contributed by atoms with Crippen molar-refractivity contribution in [2.45, 2.75) is 65.1 Å². The molecule has 0 aromatic heterocycles. The lowest BCUT2D eigenvalue weighted by atomic mass is 9.65. The largest absolute Gasteiger partial charge is 0.279 e. The molecule has 1 heterocycles. The molecule has 2 amide bonds. The van der Waals surface area contributed by atoms with Gasteiger partial charge in [-0.3, -0.25) is 14.5 Å². The Labute approximate surface area is 193 Å². The minimum Gasteiger partial charge on any atom is -0.279 e. The van der Waals surface area contributed by atoms with Crippen molar-refractivity contribution in [2.24, 2.45) is 23.7 Å². The van der Waals surface area contributed by atoms with Crippen molar-refractivity contribution in [3.05, 3.63) is 10.1 Å². The van der Waals surface area contributed by atoms with Crippen LogP contribution in [0.25, 0.3) is 0 Å². The van der Waals surface area contributed by atoms with Crippen molar-refractivity contribution in [2.75, 3.05) is 0 Å². The fourth-order valence-corrected chi connectivity index (χ4v) is 9.55. The second kappa shape index (κ2) is 6.33. The number of allylic oxidation sites excluding steroid dienone is 2. The van der Waals surface area contributed by atoms with Crippen LogP contribution >= 0.6 is 69.6 Å². The Kier molecular flexibility index (Phi) is 4.64. The number of nitrogens with zero attached hydrogens (tertiary/aromatic N) is 1. The number of halogens is 6. The van der Waals surface area contributed by atoms with E-state index in [1.54, 1.807) is 0 Å². The molecular weight excluding hydrogens is 487 g/mol. The summed E-state index contributed by atoms with van der Waals surface area (Å²) in [5.74, 6) is -1.65. The molecule has 0 unspecified atom stereocenters. The van der Waals surface area contributed by atoms with Crippen molar-refractivity contribution in [3.63, 3.8) is 0 Å². The molecule has 3 saturated carbocycles. The first kappa shape index (κ1) is 20.5. The highest BCUT2D eigenvalue weighted by Gasteiger charge is 2.83. The number of hydrogen-bond acceptors (Lipinski definition) is 2. The predicted molar refractivity (Wildman–Crippen MR) is 112 cm³/mol. The molecule has 28 heavy (non-hydrogen) atoms. The van der Waals surface area contributed by atoms with Gasteiger partial charge in [0.1, 0.15) is 9.75 Å². The van der Waals surface area contributed by atoms with E-state index in [9.17, 15) is 9.59 Å². The molecule has 1 aliphatic heterocycles. The van der Waals surface area contributed by atoms with Gasteiger partial charge in [0.2, 0.25) is 11.8 Å². The molecule has 6 atom stereocenters. The molecule has 4 aliphatic carbocycles. The van der Waals surface area contributed by atoms with E-state index in [4.69, 9.17) is 69.6 Å². The molecule has 0 spiro atoms. The van der Waals surface area contributed by atoms with E-state index in [1.165, 1.54) is 4.90 Å². The maximum atomic E-state index is 13.2. The number of alkyl halides is 4. The van der Waals surface area contributed by atoms with Crippen molar-refractivity contribution >= 4 is 81.4 Å². The van der Waals surface area contributed by atoms with E-state index in [1.807, 2.05) is 0 Å². The molecule has 5 rings (SSSR count). The van der Waals surface area contributed by atoms with Crippen LogP contribution in [0.1, 0.15) is 44.9 Å². The van der Waals surface area contributed by atoms with Gasteiger partial charge in [0, 0.05) is 6.04 Å². The second-order valence-electron chi connectivity index (χ2n) is 8.86.